The van der Waals surface area contributed by atoms with Crippen molar-refractivity contribution in [2.24, 2.45) is 0 Å². The Morgan fingerprint density at radius 3 is 2.46 bits per heavy atom. The molecule has 0 heterocycles. The zero-order valence-corrected chi connectivity index (χ0v) is 14.0. The predicted molar refractivity (Wildman–Crippen MR) is 90.3 cm³/mol. The van der Waals surface area contributed by atoms with E-state index in [-0.39, 0.29) is 24.3 Å². The summed E-state index contributed by atoms with van der Waals surface area (Å²) in [5, 5.41) is 10.2. The Bertz CT molecular complexity index is 633. The van der Waals surface area contributed by atoms with E-state index in [0.29, 0.717) is 0 Å². The van der Waals surface area contributed by atoms with E-state index < -0.39 is 12.1 Å². The Hall–Kier alpha value is -1.89. The number of thioether (sulfide) groups is 1. The largest absolute Gasteiger partial charge is 0.467 e. The molecule has 6 heteroatoms. The molecule has 128 valence electrons. The topological polar surface area (TPSA) is 55.8 Å². The molecule has 0 saturated heterocycles. The molecule has 4 nitrogen and oxygen atoms in total. The second-order valence-electron chi connectivity index (χ2n) is 5.06. The van der Waals surface area contributed by atoms with Gasteiger partial charge < -0.3 is 14.6 Å². The molecule has 1 N–H and O–H groups in total. The first kappa shape index (κ1) is 18.4. The average Bonchev–Trinajstić information content (AvgIpc) is 2.61. The van der Waals surface area contributed by atoms with Gasteiger partial charge in [0, 0.05) is 4.90 Å². The molecule has 0 amide bonds. The fourth-order valence-corrected chi connectivity index (χ4v) is 3.20. The molecule has 2 aromatic rings. The summed E-state index contributed by atoms with van der Waals surface area (Å²) in [5.41, 5.74) is 0.918. The Morgan fingerprint density at radius 2 is 1.83 bits per heavy atom. The quantitative estimate of drug-likeness (QED) is 0.585. The van der Waals surface area contributed by atoms with Gasteiger partial charge in [-0.1, -0.05) is 30.3 Å². The summed E-state index contributed by atoms with van der Waals surface area (Å²) < 4.78 is 22.8. The third kappa shape index (κ3) is 5.63. The Kier molecular flexibility index (Phi) is 7.24. The van der Waals surface area contributed by atoms with Gasteiger partial charge in [0.05, 0.1) is 25.1 Å². The van der Waals surface area contributed by atoms with Gasteiger partial charge in [-0.3, -0.25) is 0 Å². The highest BCUT2D eigenvalue weighted by Gasteiger charge is 2.23. The van der Waals surface area contributed by atoms with Crippen LogP contribution in [-0.2, 0) is 14.3 Å². The Balaban J connectivity index is 2.07. The van der Waals surface area contributed by atoms with Crippen LogP contribution < -0.4 is 0 Å². The summed E-state index contributed by atoms with van der Waals surface area (Å²) in [6.45, 7) is -0.223. The van der Waals surface area contributed by atoms with E-state index in [4.69, 9.17) is 4.74 Å². The van der Waals surface area contributed by atoms with Crippen molar-refractivity contribution in [3.63, 3.8) is 0 Å². The number of hydrogen-bond acceptors (Lipinski definition) is 5. The molecule has 2 aromatic carbocycles. The van der Waals surface area contributed by atoms with E-state index in [0.717, 1.165) is 10.5 Å². The second-order valence-corrected chi connectivity index (χ2v) is 6.28. The number of methoxy groups -OCH3 is 1. The minimum atomic E-state index is -0.841. The summed E-state index contributed by atoms with van der Waals surface area (Å²) in [5.74, 6) is -0.804. The third-order valence-electron chi connectivity index (χ3n) is 3.29. The molecule has 0 aliphatic heterocycles. The van der Waals surface area contributed by atoms with Gasteiger partial charge in [0.2, 0.25) is 0 Å². The lowest BCUT2D eigenvalue weighted by Crippen LogP contribution is -2.24. The first-order valence-electron chi connectivity index (χ1n) is 7.40. The molecule has 0 aromatic heterocycles. The number of hydrogen-bond donors (Lipinski definition) is 1. The molecule has 0 aliphatic carbocycles. The van der Waals surface area contributed by atoms with Crippen LogP contribution >= 0.6 is 11.8 Å². The lowest BCUT2D eigenvalue weighted by Gasteiger charge is -2.23. The van der Waals surface area contributed by atoms with E-state index in [9.17, 15) is 14.3 Å². The molecule has 24 heavy (non-hydrogen) atoms. The van der Waals surface area contributed by atoms with E-state index >= 15 is 0 Å². The summed E-state index contributed by atoms with van der Waals surface area (Å²) >= 11 is 1.41. The zero-order chi connectivity index (χ0) is 17.4. The lowest BCUT2D eigenvalue weighted by atomic mass is 10.1. The maximum Gasteiger partial charge on any atom is 0.331 e. The van der Waals surface area contributed by atoms with Crippen LogP contribution in [0.25, 0.3) is 0 Å². The fraction of sp³-hybridized carbons (Fsp3) is 0.278. The van der Waals surface area contributed by atoms with Gasteiger partial charge in [-0.25, -0.2) is 9.18 Å². The molecule has 0 fully saturated rings. The van der Waals surface area contributed by atoms with Crippen molar-refractivity contribution in [3.05, 3.63) is 66.0 Å². The van der Waals surface area contributed by atoms with Crippen molar-refractivity contribution in [2.45, 2.75) is 16.2 Å². The zero-order valence-electron chi connectivity index (χ0n) is 13.2. The first-order valence-corrected chi connectivity index (χ1v) is 8.28. The molecule has 0 radical (unpaired) electrons. The highest BCUT2D eigenvalue weighted by atomic mass is 32.2. The lowest BCUT2D eigenvalue weighted by molar-refractivity contribution is -0.146. The molecule has 0 saturated carbocycles. The molecule has 2 rings (SSSR count). The van der Waals surface area contributed by atoms with E-state index in [2.05, 4.69) is 4.74 Å². The summed E-state index contributed by atoms with van der Waals surface area (Å²) in [6, 6.07) is 15.6. The first-order chi connectivity index (χ1) is 11.6. The Morgan fingerprint density at radius 1 is 1.17 bits per heavy atom. The number of aliphatic hydroxyl groups excluding tert-OH is 1. The van der Waals surface area contributed by atoms with Crippen LogP contribution in [0, 0.1) is 5.82 Å². The number of rotatable bonds is 8. The minimum absolute atomic E-state index is 0.0111. The predicted octanol–water partition coefficient (Wildman–Crippen LogP) is 3.21. The van der Waals surface area contributed by atoms with Crippen LogP contribution in [0.4, 0.5) is 4.39 Å². The Labute approximate surface area is 144 Å². The molecule has 2 atom stereocenters. The van der Waals surface area contributed by atoms with Crippen molar-refractivity contribution in [1.82, 2.24) is 0 Å². The van der Waals surface area contributed by atoms with Crippen molar-refractivity contribution in [3.8, 4) is 0 Å². The van der Waals surface area contributed by atoms with E-state index in [1.54, 1.807) is 12.1 Å². The normalized spacial score (nSPS) is 13.3. The van der Waals surface area contributed by atoms with Crippen LogP contribution in [0.5, 0.6) is 0 Å². The van der Waals surface area contributed by atoms with Crippen LogP contribution in [0.1, 0.15) is 10.8 Å². The number of esters is 1. The van der Waals surface area contributed by atoms with Gasteiger partial charge in [0.1, 0.15) is 12.4 Å². The van der Waals surface area contributed by atoms with Crippen molar-refractivity contribution < 1.29 is 23.8 Å². The van der Waals surface area contributed by atoms with Crippen LogP contribution in [0.3, 0.4) is 0 Å². The van der Waals surface area contributed by atoms with Crippen molar-refractivity contribution >= 4 is 17.7 Å². The van der Waals surface area contributed by atoms with E-state index in [1.807, 2.05) is 30.3 Å². The monoisotopic (exact) mass is 350 g/mol. The number of halogens is 1. The van der Waals surface area contributed by atoms with Crippen LogP contribution in [0.15, 0.2) is 59.5 Å². The van der Waals surface area contributed by atoms with Crippen LogP contribution in [-0.4, -0.2) is 37.5 Å². The van der Waals surface area contributed by atoms with Gasteiger partial charge in [-0.05, 0) is 29.8 Å². The minimum Gasteiger partial charge on any atom is -0.467 e. The third-order valence-corrected chi connectivity index (χ3v) is 4.68. The van der Waals surface area contributed by atoms with E-state index in [1.165, 1.54) is 31.0 Å². The summed E-state index contributed by atoms with van der Waals surface area (Å²) in [7, 11) is 1.28. The SMILES string of the molecule is COC(=O)COCC(O)C(Sc1ccc(F)cc1)c1ccccc1. The maximum absolute atomic E-state index is 13.1. The highest BCUT2D eigenvalue weighted by molar-refractivity contribution is 7.99. The molecular weight excluding hydrogens is 331 g/mol. The molecule has 0 spiro atoms. The second kappa shape index (κ2) is 9.42. The standard InChI is InChI=1S/C18H19FO4S/c1-22-17(21)12-23-11-16(20)18(13-5-3-2-4-6-13)24-15-9-7-14(19)8-10-15/h2-10,16,18,20H,11-12H2,1H3. The number of aliphatic hydroxyl groups is 1. The number of benzene rings is 2. The van der Waals surface area contributed by atoms with Gasteiger partial charge in [0.25, 0.3) is 0 Å². The van der Waals surface area contributed by atoms with Gasteiger partial charge in [-0.15, -0.1) is 11.8 Å². The fourth-order valence-electron chi connectivity index (χ4n) is 2.08. The molecule has 0 bridgehead atoms. The number of carbonyl (C=O) groups is 1. The number of ether oxygens (including phenoxy) is 2. The molecule has 2 unspecified atom stereocenters. The molecule has 0 aliphatic rings. The average molecular weight is 350 g/mol. The highest BCUT2D eigenvalue weighted by Crippen LogP contribution is 2.38. The van der Waals surface area contributed by atoms with Crippen molar-refractivity contribution in [1.29, 1.82) is 0 Å². The van der Waals surface area contributed by atoms with Gasteiger partial charge in [0.15, 0.2) is 0 Å². The van der Waals surface area contributed by atoms with Gasteiger partial charge in [-0.2, -0.15) is 0 Å². The summed E-state index contributed by atoms with van der Waals surface area (Å²) in [4.78, 5) is 11.9. The van der Waals surface area contributed by atoms with Gasteiger partial charge >= 0.3 is 5.97 Å². The van der Waals surface area contributed by atoms with Crippen LogP contribution in [0.2, 0.25) is 0 Å². The van der Waals surface area contributed by atoms with Crippen molar-refractivity contribution in [2.75, 3.05) is 20.3 Å². The summed E-state index contributed by atoms with van der Waals surface area (Å²) in [6.07, 6.45) is -0.841. The maximum atomic E-state index is 13.1. The smallest absolute Gasteiger partial charge is 0.331 e. The number of carbonyl (C=O) groups excluding carboxylic acids is 1. The molecular formula is C18H19FO4S.